The molecule has 1 saturated heterocycles. The number of aliphatic hydroxyl groups excluding tert-OH is 1. The van der Waals surface area contributed by atoms with Gasteiger partial charge in [-0.15, -0.1) is 0 Å². The lowest BCUT2D eigenvalue weighted by Crippen LogP contribution is -2.20. The summed E-state index contributed by atoms with van der Waals surface area (Å²) in [5, 5.41) is 19.5. The van der Waals surface area contributed by atoms with Crippen LogP contribution in [0.25, 0.3) is 12.2 Å². The number of aryl methyl sites for hydroxylation is 1. The summed E-state index contributed by atoms with van der Waals surface area (Å²) in [6.45, 7) is 3.47. The summed E-state index contributed by atoms with van der Waals surface area (Å²) in [6, 6.07) is 12.1. The Hall–Kier alpha value is -2.46. The standard InChI is InChI=1S/C20H23NO3/c1-14-11-16(12-19(24-2)20(14)23)4-3-15-5-7-17(8-6-15)21-10-9-18(22)13-21/h3-8,11-12,18,22-23H,9-10,13H2,1-2H3/b4-3+. The highest BCUT2D eigenvalue weighted by Crippen LogP contribution is 2.31. The minimum absolute atomic E-state index is 0.187. The van der Waals surface area contributed by atoms with E-state index in [1.165, 1.54) is 0 Å². The molecule has 0 saturated carbocycles. The summed E-state index contributed by atoms with van der Waals surface area (Å²) in [4.78, 5) is 2.20. The lowest BCUT2D eigenvalue weighted by Gasteiger charge is -2.17. The van der Waals surface area contributed by atoms with Crippen molar-refractivity contribution < 1.29 is 14.9 Å². The van der Waals surface area contributed by atoms with Crippen LogP contribution in [0.5, 0.6) is 11.5 Å². The Labute approximate surface area is 142 Å². The molecule has 0 aliphatic carbocycles. The van der Waals surface area contributed by atoms with Crippen molar-refractivity contribution in [2.75, 3.05) is 25.1 Å². The molecule has 0 radical (unpaired) electrons. The van der Waals surface area contributed by atoms with Crippen LogP contribution in [0.4, 0.5) is 5.69 Å². The third-order valence-electron chi connectivity index (χ3n) is 4.40. The molecule has 1 aliphatic rings. The molecule has 1 fully saturated rings. The number of phenols is 1. The zero-order chi connectivity index (χ0) is 17.1. The second kappa shape index (κ2) is 6.97. The Kier molecular flexibility index (Phi) is 4.76. The van der Waals surface area contributed by atoms with Crippen molar-refractivity contribution in [1.82, 2.24) is 0 Å². The number of aliphatic hydroxyl groups is 1. The van der Waals surface area contributed by atoms with Crippen LogP contribution >= 0.6 is 0 Å². The van der Waals surface area contributed by atoms with Gasteiger partial charge in [0, 0.05) is 18.8 Å². The lowest BCUT2D eigenvalue weighted by atomic mass is 10.1. The summed E-state index contributed by atoms with van der Waals surface area (Å²) in [6.07, 6.45) is 4.67. The molecular formula is C20H23NO3. The van der Waals surface area contributed by atoms with Gasteiger partial charge in [0.2, 0.25) is 0 Å². The highest BCUT2D eigenvalue weighted by atomic mass is 16.5. The molecule has 1 atom stereocenters. The van der Waals surface area contributed by atoms with Crippen molar-refractivity contribution >= 4 is 17.8 Å². The molecule has 0 aromatic heterocycles. The molecule has 3 rings (SSSR count). The molecule has 0 spiro atoms. The Morgan fingerprint density at radius 3 is 2.46 bits per heavy atom. The van der Waals surface area contributed by atoms with Gasteiger partial charge >= 0.3 is 0 Å². The molecule has 126 valence electrons. The quantitative estimate of drug-likeness (QED) is 0.846. The van der Waals surface area contributed by atoms with Gasteiger partial charge < -0.3 is 19.8 Å². The summed E-state index contributed by atoms with van der Waals surface area (Å²) in [7, 11) is 1.55. The van der Waals surface area contributed by atoms with Crippen LogP contribution in [0, 0.1) is 6.92 Å². The van der Waals surface area contributed by atoms with Crippen LogP contribution < -0.4 is 9.64 Å². The Balaban J connectivity index is 1.74. The Bertz CT molecular complexity index is 737. The zero-order valence-electron chi connectivity index (χ0n) is 14.1. The van der Waals surface area contributed by atoms with E-state index in [1.54, 1.807) is 7.11 Å². The highest BCUT2D eigenvalue weighted by molar-refractivity contribution is 5.72. The first-order valence-corrected chi connectivity index (χ1v) is 8.15. The van der Waals surface area contributed by atoms with Gasteiger partial charge in [-0.25, -0.2) is 0 Å². The van der Waals surface area contributed by atoms with Crippen LogP contribution in [0.3, 0.4) is 0 Å². The van der Waals surface area contributed by atoms with Gasteiger partial charge in [-0.1, -0.05) is 24.3 Å². The van der Waals surface area contributed by atoms with Crippen molar-refractivity contribution in [1.29, 1.82) is 0 Å². The molecule has 4 heteroatoms. The molecule has 2 aromatic rings. The van der Waals surface area contributed by atoms with E-state index in [-0.39, 0.29) is 11.9 Å². The van der Waals surface area contributed by atoms with E-state index in [0.717, 1.165) is 35.3 Å². The fourth-order valence-electron chi connectivity index (χ4n) is 2.99. The number of ether oxygens (including phenoxy) is 1. The summed E-state index contributed by atoms with van der Waals surface area (Å²) < 4.78 is 5.19. The van der Waals surface area contributed by atoms with Crippen molar-refractivity contribution in [3.8, 4) is 11.5 Å². The van der Waals surface area contributed by atoms with E-state index in [0.29, 0.717) is 12.3 Å². The van der Waals surface area contributed by atoms with Crippen LogP contribution in [-0.4, -0.2) is 36.5 Å². The van der Waals surface area contributed by atoms with E-state index < -0.39 is 0 Å². The average molecular weight is 325 g/mol. The predicted molar refractivity (Wildman–Crippen MR) is 97.6 cm³/mol. The van der Waals surface area contributed by atoms with Crippen molar-refractivity contribution in [2.45, 2.75) is 19.4 Å². The maximum atomic E-state index is 9.89. The van der Waals surface area contributed by atoms with E-state index in [9.17, 15) is 10.2 Å². The maximum absolute atomic E-state index is 9.89. The van der Waals surface area contributed by atoms with Gasteiger partial charge in [-0.3, -0.25) is 0 Å². The van der Waals surface area contributed by atoms with E-state index in [4.69, 9.17) is 4.74 Å². The fraction of sp³-hybridized carbons (Fsp3) is 0.300. The summed E-state index contributed by atoms with van der Waals surface area (Å²) in [5.41, 5.74) is 4.01. The number of methoxy groups -OCH3 is 1. The van der Waals surface area contributed by atoms with Gasteiger partial charge in [0.25, 0.3) is 0 Å². The second-order valence-electron chi connectivity index (χ2n) is 6.20. The topological polar surface area (TPSA) is 52.9 Å². The van der Waals surface area contributed by atoms with Crippen molar-refractivity contribution in [3.05, 3.63) is 53.1 Å². The first-order chi connectivity index (χ1) is 11.6. The molecule has 1 heterocycles. The Morgan fingerprint density at radius 1 is 1.12 bits per heavy atom. The molecule has 2 N–H and O–H groups in total. The van der Waals surface area contributed by atoms with Gasteiger partial charge in [0.15, 0.2) is 11.5 Å². The maximum Gasteiger partial charge on any atom is 0.161 e. The monoisotopic (exact) mass is 325 g/mol. The van der Waals surface area contributed by atoms with Crippen LogP contribution in [0.1, 0.15) is 23.1 Å². The number of rotatable bonds is 4. The number of anilines is 1. The molecule has 4 nitrogen and oxygen atoms in total. The third-order valence-corrected chi connectivity index (χ3v) is 4.40. The van der Waals surface area contributed by atoms with Crippen LogP contribution in [0.2, 0.25) is 0 Å². The largest absolute Gasteiger partial charge is 0.504 e. The number of benzene rings is 2. The molecule has 2 aromatic carbocycles. The van der Waals surface area contributed by atoms with Gasteiger partial charge in [-0.05, 0) is 54.3 Å². The lowest BCUT2D eigenvalue weighted by molar-refractivity contribution is 0.198. The first kappa shape index (κ1) is 16.4. The number of phenolic OH excluding ortho intramolecular Hbond substituents is 1. The first-order valence-electron chi connectivity index (χ1n) is 8.15. The minimum Gasteiger partial charge on any atom is -0.504 e. The van der Waals surface area contributed by atoms with Gasteiger partial charge in [0.1, 0.15) is 0 Å². The van der Waals surface area contributed by atoms with Crippen LogP contribution in [-0.2, 0) is 0 Å². The molecule has 24 heavy (non-hydrogen) atoms. The third kappa shape index (κ3) is 3.54. The minimum atomic E-state index is -0.211. The van der Waals surface area contributed by atoms with E-state index in [2.05, 4.69) is 29.2 Å². The SMILES string of the molecule is COc1cc(/C=C/c2ccc(N3CCC(O)C3)cc2)cc(C)c1O. The van der Waals surface area contributed by atoms with Crippen molar-refractivity contribution in [2.24, 2.45) is 0 Å². The second-order valence-corrected chi connectivity index (χ2v) is 6.20. The summed E-state index contributed by atoms with van der Waals surface area (Å²) in [5.74, 6) is 0.671. The number of β-amino-alcohol motifs (C(OH)–C–C–N with tert-alkyl or cyclic N) is 1. The van der Waals surface area contributed by atoms with Crippen molar-refractivity contribution in [3.63, 3.8) is 0 Å². The number of aromatic hydroxyl groups is 1. The normalized spacial score (nSPS) is 17.6. The molecule has 0 amide bonds. The molecule has 1 aliphatic heterocycles. The summed E-state index contributed by atoms with van der Waals surface area (Å²) >= 11 is 0. The van der Waals surface area contributed by atoms with E-state index >= 15 is 0 Å². The smallest absolute Gasteiger partial charge is 0.161 e. The fourth-order valence-corrected chi connectivity index (χ4v) is 2.99. The van der Waals surface area contributed by atoms with Crippen LogP contribution in [0.15, 0.2) is 36.4 Å². The molecule has 1 unspecified atom stereocenters. The Morgan fingerprint density at radius 2 is 1.83 bits per heavy atom. The molecular weight excluding hydrogens is 302 g/mol. The van der Waals surface area contributed by atoms with Gasteiger partial charge in [0.05, 0.1) is 13.2 Å². The zero-order valence-corrected chi connectivity index (χ0v) is 14.1. The number of hydrogen-bond donors (Lipinski definition) is 2. The highest BCUT2D eigenvalue weighted by Gasteiger charge is 2.19. The number of nitrogens with zero attached hydrogens (tertiary/aromatic N) is 1. The van der Waals surface area contributed by atoms with Gasteiger partial charge in [-0.2, -0.15) is 0 Å². The van der Waals surface area contributed by atoms with E-state index in [1.807, 2.05) is 31.2 Å². The number of hydrogen-bond acceptors (Lipinski definition) is 4. The average Bonchev–Trinajstić information content (AvgIpc) is 3.02. The molecule has 0 bridgehead atoms. The predicted octanol–water partition coefficient (Wildman–Crippen LogP) is 3.45.